The number of halogens is 1. The Hall–Kier alpha value is -2.86. The minimum absolute atomic E-state index is 0.171. The molecule has 158 valence electrons. The molecule has 2 aromatic carbocycles. The van der Waals surface area contributed by atoms with Crippen molar-refractivity contribution in [3.05, 3.63) is 65.6 Å². The number of amides is 1. The fourth-order valence-corrected chi connectivity index (χ4v) is 4.31. The van der Waals surface area contributed by atoms with E-state index in [1.54, 1.807) is 6.07 Å². The molecule has 0 saturated carbocycles. The van der Waals surface area contributed by atoms with E-state index in [-0.39, 0.29) is 23.9 Å². The molecule has 1 aliphatic heterocycles. The Morgan fingerprint density at radius 3 is 2.70 bits per heavy atom. The van der Waals surface area contributed by atoms with Gasteiger partial charge in [-0.05, 0) is 51.0 Å². The van der Waals surface area contributed by atoms with Crippen LogP contribution in [0.2, 0.25) is 0 Å². The van der Waals surface area contributed by atoms with Gasteiger partial charge in [-0.25, -0.2) is 4.39 Å². The molecule has 0 bridgehead atoms. The molecule has 1 aliphatic rings. The van der Waals surface area contributed by atoms with Crippen LogP contribution in [0.4, 0.5) is 10.1 Å². The first-order chi connectivity index (χ1) is 14.5. The number of fused-ring (bicyclic) bond motifs is 1. The number of para-hydroxylation sites is 1. The molecule has 1 amide bonds. The third-order valence-corrected chi connectivity index (χ3v) is 5.98. The second kappa shape index (κ2) is 8.48. The number of nitrogens with zero attached hydrogens (tertiary/aromatic N) is 2. The standard InChI is InChI=1S/C24H28FN3O2/c1-3-27-15-21(19-6-4-5-7-22(19)27)24(30)26-16(2)20-14-17(25)8-9-23(20)28-12-10-18(29)11-13-28/h4-9,14-16,18,29H,3,10-13H2,1-2H3,(H,26,30). The Kier molecular flexibility index (Phi) is 5.77. The van der Waals surface area contributed by atoms with Gasteiger partial charge in [0.05, 0.1) is 17.7 Å². The number of hydrogen-bond acceptors (Lipinski definition) is 3. The average molecular weight is 410 g/mol. The van der Waals surface area contributed by atoms with E-state index in [9.17, 15) is 14.3 Å². The first-order valence-electron chi connectivity index (χ1n) is 10.6. The number of carbonyl (C=O) groups is 1. The van der Waals surface area contributed by atoms with Gasteiger partial charge >= 0.3 is 0 Å². The maximum Gasteiger partial charge on any atom is 0.253 e. The van der Waals surface area contributed by atoms with Gasteiger partial charge in [0.15, 0.2) is 0 Å². The highest BCUT2D eigenvalue weighted by molar-refractivity contribution is 6.07. The van der Waals surface area contributed by atoms with Crippen LogP contribution in [0.15, 0.2) is 48.7 Å². The van der Waals surface area contributed by atoms with Crippen LogP contribution >= 0.6 is 0 Å². The van der Waals surface area contributed by atoms with Gasteiger partial charge < -0.3 is 19.9 Å². The largest absolute Gasteiger partial charge is 0.393 e. The molecular formula is C24H28FN3O2. The van der Waals surface area contributed by atoms with Crippen LogP contribution in [0.1, 0.15) is 48.7 Å². The van der Waals surface area contributed by atoms with Crippen molar-refractivity contribution in [2.75, 3.05) is 18.0 Å². The maximum atomic E-state index is 14.1. The summed E-state index contributed by atoms with van der Waals surface area (Å²) in [4.78, 5) is 15.3. The third-order valence-electron chi connectivity index (χ3n) is 5.98. The molecular weight excluding hydrogens is 381 g/mol. The van der Waals surface area contributed by atoms with Gasteiger partial charge in [0.1, 0.15) is 5.82 Å². The zero-order valence-corrected chi connectivity index (χ0v) is 17.4. The van der Waals surface area contributed by atoms with Gasteiger partial charge in [0.25, 0.3) is 5.91 Å². The predicted molar refractivity (Wildman–Crippen MR) is 117 cm³/mol. The smallest absolute Gasteiger partial charge is 0.253 e. The highest BCUT2D eigenvalue weighted by Crippen LogP contribution is 2.30. The van der Waals surface area contributed by atoms with Crippen molar-refractivity contribution < 1.29 is 14.3 Å². The summed E-state index contributed by atoms with van der Waals surface area (Å²) in [5.74, 6) is -0.496. The molecule has 1 saturated heterocycles. The summed E-state index contributed by atoms with van der Waals surface area (Å²) in [7, 11) is 0. The van der Waals surface area contributed by atoms with Gasteiger partial charge in [-0.15, -0.1) is 0 Å². The van der Waals surface area contributed by atoms with Crippen molar-refractivity contribution in [1.82, 2.24) is 9.88 Å². The molecule has 30 heavy (non-hydrogen) atoms. The molecule has 1 unspecified atom stereocenters. The SMILES string of the molecule is CCn1cc(C(=O)NC(C)c2cc(F)ccc2N2CCC(O)CC2)c2ccccc21. The van der Waals surface area contributed by atoms with Gasteiger partial charge in [0, 0.05) is 48.0 Å². The fourth-order valence-electron chi connectivity index (χ4n) is 4.31. The number of aliphatic hydroxyl groups excluding tert-OH is 1. The van der Waals surface area contributed by atoms with Crippen LogP contribution < -0.4 is 10.2 Å². The van der Waals surface area contributed by atoms with E-state index in [1.165, 1.54) is 12.1 Å². The van der Waals surface area contributed by atoms with E-state index in [1.807, 2.05) is 44.3 Å². The lowest BCUT2D eigenvalue weighted by molar-refractivity contribution is 0.0941. The Bertz CT molecular complexity index is 1050. The van der Waals surface area contributed by atoms with Crippen LogP contribution in [0, 0.1) is 5.82 Å². The van der Waals surface area contributed by atoms with Gasteiger partial charge in [-0.1, -0.05) is 18.2 Å². The molecule has 1 aromatic heterocycles. The van der Waals surface area contributed by atoms with Crippen LogP contribution in [0.25, 0.3) is 10.9 Å². The number of aromatic nitrogens is 1. The van der Waals surface area contributed by atoms with E-state index in [0.717, 1.165) is 28.7 Å². The van der Waals surface area contributed by atoms with Crippen molar-refractivity contribution in [3.8, 4) is 0 Å². The van der Waals surface area contributed by atoms with E-state index < -0.39 is 0 Å². The number of carbonyl (C=O) groups excluding carboxylic acids is 1. The predicted octanol–water partition coefficient (Wildman–Crippen LogP) is 4.25. The Morgan fingerprint density at radius 1 is 1.23 bits per heavy atom. The lowest BCUT2D eigenvalue weighted by Crippen LogP contribution is -2.37. The maximum absolute atomic E-state index is 14.1. The minimum Gasteiger partial charge on any atom is -0.393 e. The molecule has 4 rings (SSSR count). The Morgan fingerprint density at radius 2 is 1.97 bits per heavy atom. The number of piperidine rings is 1. The number of nitrogens with one attached hydrogen (secondary N) is 1. The monoisotopic (exact) mass is 409 g/mol. The number of hydrogen-bond donors (Lipinski definition) is 2. The Labute approximate surface area is 176 Å². The third kappa shape index (κ3) is 3.92. The van der Waals surface area contributed by atoms with E-state index >= 15 is 0 Å². The number of rotatable bonds is 5. The van der Waals surface area contributed by atoms with Gasteiger partial charge in [0.2, 0.25) is 0 Å². The first kappa shape index (κ1) is 20.4. The van der Waals surface area contributed by atoms with E-state index in [4.69, 9.17) is 0 Å². The molecule has 2 N–H and O–H groups in total. The first-order valence-corrected chi connectivity index (χ1v) is 10.6. The van der Waals surface area contributed by atoms with Gasteiger partial charge in [-0.2, -0.15) is 0 Å². The Balaban J connectivity index is 1.61. The van der Waals surface area contributed by atoms with Crippen molar-refractivity contribution in [1.29, 1.82) is 0 Å². The zero-order valence-electron chi connectivity index (χ0n) is 17.4. The molecule has 0 aliphatic carbocycles. The molecule has 6 heteroatoms. The van der Waals surface area contributed by atoms with Crippen LogP contribution in [0.5, 0.6) is 0 Å². The summed E-state index contributed by atoms with van der Waals surface area (Å²) in [6.07, 6.45) is 2.98. The summed E-state index contributed by atoms with van der Waals surface area (Å²) in [6, 6.07) is 12.2. The second-order valence-electron chi connectivity index (χ2n) is 7.96. The molecule has 0 spiro atoms. The molecule has 2 heterocycles. The highest BCUT2D eigenvalue weighted by atomic mass is 19.1. The summed E-state index contributed by atoms with van der Waals surface area (Å²) in [5, 5.41) is 13.8. The van der Waals surface area contributed by atoms with Crippen LogP contribution in [-0.4, -0.2) is 34.8 Å². The number of benzene rings is 2. The summed E-state index contributed by atoms with van der Waals surface area (Å²) < 4.78 is 16.1. The summed E-state index contributed by atoms with van der Waals surface area (Å²) in [6.45, 7) is 6.13. The minimum atomic E-state index is -0.362. The molecule has 5 nitrogen and oxygen atoms in total. The molecule has 3 aromatic rings. The molecule has 1 fully saturated rings. The molecule has 1 atom stereocenters. The number of anilines is 1. The van der Waals surface area contributed by atoms with E-state index in [0.29, 0.717) is 31.5 Å². The summed E-state index contributed by atoms with van der Waals surface area (Å²) >= 11 is 0. The van der Waals surface area contributed by atoms with Crippen molar-refractivity contribution in [2.45, 2.75) is 45.4 Å². The fraction of sp³-hybridized carbons (Fsp3) is 0.375. The molecule has 0 radical (unpaired) electrons. The van der Waals surface area contributed by atoms with Crippen molar-refractivity contribution >= 4 is 22.5 Å². The average Bonchev–Trinajstić information content (AvgIpc) is 3.13. The number of aliphatic hydroxyl groups is 1. The van der Waals surface area contributed by atoms with Crippen LogP contribution in [-0.2, 0) is 6.54 Å². The quantitative estimate of drug-likeness (QED) is 0.662. The van der Waals surface area contributed by atoms with Crippen molar-refractivity contribution in [3.63, 3.8) is 0 Å². The second-order valence-corrected chi connectivity index (χ2v) is 7.96. The summed E-state index contributed by atoms with van der Waals surface area (Å²) in [5.41, 5.74) is 3.31. The lowest BCUT2D eigenvalue weighted by atomic mass is 10.0. The van der Waals surface area contributed by atoms with Crippen LogP contribution in [0.3, 0.4) is 0 Å². The number of aryl methyl sites for hydroxylation is 1. The van der Waals surface area contributed by atoms with E-state index in [2.05, 4.69) is 14.8 Å². The lowest BCUT2D eigenvalue weighted by Gasteiger charge is -2.34. The van der Waals surface area contributed by atoms with Gasteiger partial charge in [-0.3, -0.25) is 4.79 Å². The normalized spacial score (nSPS) is 16.1. The highest BCUT2D eigenvalue weighted by Gasteiger charge is 2.23. The topological polar surface area (TPSA) is 57.5 Å². The van der Waals surface area contributed by atoms with Crippen molar-refractivity contribution in [2.24, 2.45) is 0 Å². The zero-order chi connectivity index (χ0) is 21.3.